The van der Waals surface area contributed by atoms with Gasteiger partial charge in [0.25, 0.3) is 5.22 Å². The number of carboxylic acids is 1. The van der Waals surface area contributed by atoms with Crippen LogP contribution in [0.4, 0.5) is 0 Å². The van der Waals surface area contributed by atoms with Gasteiger partial charge in [-0.05, 0) is 18.2 Å². The zero-order chi connectivity index (χ0) is 13.8. The molecule has 1 heterocycles. The molecular formula is C12H11NO5S. The number of rotatable bonds is 5. The maximum Gasteiger partial charge on any atom is 0.335 e. The topological polar surface area (TPSA) is 89.6 Å². The lowest BCUT2D eigenvalue weighted by Crippen LogP contribution is -2.00. The van der Waals surface area contributed by atoms with Crippen LogP contribution in [-0.2, 0) is 9.53 Å². The number of hydrogen-bond acceptors (Lipinski definition) is 6. The Bertz CT molecular complexity index is 622. The van der Waals surface area contributed by atoms with Crippen molar-refractivity contribution in [3.05, 3.63) is 23.8 Å². The Hall–Kier alpha value is -2.02. The molecule has 7 heteroatoms. The predicted molar refractivity (Wildman–Crippen MR) is 68.3 cm³/mol. The lowest BCUT2D eigenvalue weighted by Gasteiger charge is -1.95. The van der Waals surface area contributed by atoms with Gasteiger partial charge in [-0.3, -0.25) is 4.79 Å². The average molecular weight is 281 g/mol. The molecule has 0 radical (unpaired) electrons. The number of oxazole rings is 1. The van der Waals surface area contributed by atoms with Crippen LogP contribution in [0.2, 0.25) is 0 Å². The molecule has 2 rings (SSSR count). The molecule has 0 aliphatic carbocycles. The molecule has 0 fully saturated rings. The van der Waals surface area contributed by atoms with E-state index in [0.717, 1.165) is 0 Å². The van der Waals surface area contributed by atoms with E-state index in [1.54, 1.807) is 6.07 Å². The Balaban J connectivity index is 2.09. The molecule has 1 N–H and O–H groups in total. The second kappa shape index (κ2) is 5.75. The maximum absolute atomic E-state index is 10.9. The Labute approximate surface area is 112 Å². The van der Waals surface area contributed by atoms with Gasteiger partial charge in [-0.25, -0.2) is 9.78 Å². The Morgan fingerprint density at radius 1 is 1.47 bits per heavy atom. The predicted octanol–water partition coefficient (Wildman–Crippen LogP) is 2.18. The minimum atomic E-state index is -1.02. The standard InChI is InChI=1S/C12H11NO5S/c1-17-10(14)4-5-19-12-13-8-3-2-7(11(15)16)6-9(8)18-12/h2-3,6H,4-5H2,1H3,(H,15,16). The Morgan fingerprint density at radius 2 is 2.26 bits per heavy atom. The van der Waals surface area contributed by atoms with Crippen LogP contribution in [0.5, 0.6) is 0 Å². The maximum atomic E-state index is 10.9. The number of aromatic nitrogens is 1. The number of methoxy groups -OCH3 is 1. The second-order valence-electron chi connectivity index (χ2n) is 3.64. The highest BCUT2D eigenvalue weighted by molar-refractivity contribution is 7.99. The summed E-state index contributed by atoms with van der Waals surface area (Å²) in [6.45, 7) is 0. The van der Waals surface area contributed by atoms with Crippen molar-refractivity contribution >= 4 is 34.8 Å². The van der Waals surface area contributed by atoms with E-state index < -0.39 is 5.97 Å². The van der Waals surface area contributed by atoms with Crippen LogP contribution in [0.15, 0.2) is 27.8 Å². The molecule has 0 bridgehead atoms. The highest BCUT2D eigenvalue weighted by atomic mass is 32.2. The summed E-state index contributed by atoms with van der Waals surface area (Å²) in [6, 6.07) is 4.48. The summed E-state index contributed by atoms with van der Waals surface area (Å²) >= 11 is 1.28. The quantitative estimate of drug-likeness (QED) is 0.663. The third-order valence-electron chi connectivity index (χ3n) is 2.38. The van der Waals surface area contributed by atoms with Gasteiger partial charge in [0, 0.05) is 5.75 Å². The summed E-state index contributed by atoms with van der Waals surface area (Å²) in [6.07, 6.45) is 0.264. The summed E-state index contributed by atoms with van der Waals surface area (Å²) < 4.78 is 9.93. The van der Waals surface area contributed by atoms with E-state index in [0.29, 0.717) is 22.1 Å². The van der Waals surface area contributed by atoms with E-state index >= 15 is 0 Å². The zero-order valence-corrected chi connectivity index (χ0v) is 10.9. The van der Waals surface area contributed by atoms with E-state index in [1.165, 1.54) is 31.0 Å². The number of esters is 1. The van der Waals surface area contributed by atoms with Gasteiger partial charge in [-0.1, -0.05) is 11.8 Å². The molecule has 0 saturated carbocycles. The highest BCUT2D eigenvalue weighted by Gasteiger charge is 2.10. The minimum absolute atomic E-state index is 0.148. The molecule has 0 amide bonds. The molecule has 0 unspecified atom stereocenters. The van der Waals surface area contributed by atoms with Crippen molar-refractivity contribution in [3.8, 4) is 0 Å². The molecule has 19 heavy (non-hydrogen) atoms. The molecule has 0 aliphatic rings. The number of fused-ring (bicyclic) bond motifs is 1. The number of carboxylic acid groups (broad SMARTS) is 1. The fourth-order valence-corrected chi connectivity index (χ4v) is 2.18. The fraction of sp³-hybridized carbons (Fsp3) is 0.250. The largest absolute Gasteiger partial charge is 0.478 e. The number of benzene rings is 1. The number of carbonyl (C=O) groups excluding carboxylic acids is 1. The normalized spacial score (nSPS) is 10.6. The summed E-state index contributed by atoms with van der Waals surface area (Å²) in [4.78, 5) is 25.9. The van der Waals surface area contributed by atoms with Gasteiger partial charge in [0.1, 0.15) is 5.52 Å². The molecule has 6 nitrogen and oxygen atoms in total. The van der Waals surface area contributed by atoms with Gasteiger partial charge in [-0.2, -0.15) is 0 Å². The number of nitrogens with zero attached hydrogens (tertiary/aromatic N) is 1. The van der Waals surface area contributed by atoms with Gasteiger partial charge in [0.2, 0.25) is 0 Å². The molecule has 0 aliphatic heterocycles. The molecule has 100 valence electrons. The molecule has 0 saturated heterocycles. The first kappa shape index (κ1) is 13.4. The average Bonchev–Trinajstić information content (AvgIpc) is 2.79. The van der Waals surface area contributed by atoms with Crippen molar-refractivity contribution in [2.45, 2.75) is 11.6 Å². The van der Waals surface area contributed by atoms with Crippen molar-refractivity contribution < 1.29 is 23.8 Å². The molecule has 1 aromatic heterocycles. The van der Waals surface area contributed by atoms with E-state index in [2.05, 4.69) is 9.72 Å². The SMILES string of the molecule is COC(=O)CCSc1nc2ccc(C(=O)O)cc2o1. The first-order valence-electron chi connectivity index (χ1n) is 5.43. The third-order valence-corrected chi connectivity index (χ3v) is 3.20. The summed E-state index contributed by atoms with van der Waals surface area (Å²) in [5.41, 5.74) is 1.15. The molecule has 0 spiro atoms. The smallest absolute Gasteiger partial charge is 0.335 e. The van der Waals surface area contributed by atoms with Crippen LogP contribution in [0.3, 0.4) is 0 Å². The molecule has 1 aromatic carbocycles. The van der Waals surface area contributed by atoms with Gasteiger partial charge in [-0.15, -0.1) is 0 Å². The van der Waals surface area contributed by atoms with Crippen molar-refractivity contribution in [1.29, 1.82) is 0 Å². The first-order chi connectivity index (χ1) is 9.10. The van der Waals surface area contributed by atoms with E-state index in [-0.39, 0.29) is 18.0 Å². The zero-order valence-electron chi connectivity index (χ0n) is 10.1. The second-order valence-corrected chi connectivity index (χ2v) is 4.69. The van der Waals surface area contributed by atoms with Crippen molar-refractivity contribution in [1.82, 2.24) is 4.98 Å². The van der Waals surface area contributed by atoms with Crippen LogP contribution in [0.25, 0.3) is 11.1 Å². The Morgan fingerprint density at radius 3 is 2.95 bits per heavy atom. The van der Waals surface area contributed by atoms with Gasteiger partial charge in [0.05, 0.1) is 19.1 Å². The van der Waals surface area contributed by atoms with Crippen molar-refractivity contribution in [2.24, 2.45) is 0 Å². The number of aromatic carboxylic acids is 1. The number of hydrogen-bond donors (Lipinski definition) is 1. The lowest BCUT2D eigenvalue weighted by molar-refractivity contribution is -0.140. The third kappa shape index (κ3) is 3.25. The monoisotopic (exact) mass is 281 g/mol. The van der Waals surface area contributed by atoms with E-state index in [4.69, 9.17) is 9.52 Å². The van der Waals surface area contributed by atoms with Gasteiger partial charge < -0.3 is 14.3 Å². The van der Waals surface area contributed by atoms with Crippen molar-refractivity contribution in [2.75, 3.05) is 12.9 Å². The first-order valence-corrected chi connectivity index (χ1v) is 6.42. The fourth-order valence-electron chi connectivity index (χ4n) is 1.42. The van der Waals surface area contributed by atoms with Crippen LogP contribution >= 0.6 is 11.8 Å². The molecular weight excluding hydrogens is 270 g/mol. The number of carbonyl (C=O) groups is 2. The van der Waals surface area contributed by atoms with Crippen LogP contribution < -0.4 is 0 Å². The van der Waals surface area contributed by atoms with Crippen LogP contribution in [-0.4, -0.2) is 34.9 Å². The lowest BCUT2D eigenvalue weighted by atomic mass is 10.2. The Kier molecular flexibility index (Phi) is 4.06. The van der Waals surface area contributed by atoms with Crippen molar-refractivity contribution in [3.63, 3.8) is 0 Å². The van der Waals surface area contributed by atoms with E-state index in [1.807, 2.05) is 0 Å². The summed E-state index contributed by atoms with van der Waals surface area (Å²) in [7, 11) is 1.33. The van der Waals surface area contributed by atoms with Crippen LogP contribution in [0.1, 0.15) is 16.8 Å². The summed E-state index contributed by atoms with van der Waals surface area (Å²) in [5.74, 6) is -0.819. The minimum Gasteiger partial charge on any atom is -0.478 e. The molecule has 2 aromatic rings. The van der Waals surface area contributed by atoms with Crippen LogP contribution in [0, 0.1) is 0 Å². The van der Waals surface area contributed by atoms with Gasteiger partial charge in [0.15, 0.2) is 5.58 Å². The number of ether oxygens (including phenoxy) is 1. The number of thioether (sulfide) groups is 1. The highest BCUT2D eigenvalue weighted by Crippen LogP contribution is 2.24. The van der Waals surface area contributed by atoms with Gasteiger partial charge >= 0.3 is 11.9 Å². The van der Waals surface area contributed by atoms with E-state index in [9.17, 15) is 9.59 Å². The summed E-state index contributed by atoms with van der Waals surface area (Å²) in [5, 5.41) is 9.27. The molecule has 0 atom stereocenters.